The number of amides is 1. The summed E-state index contributed by atoms with van der Waals surface area (Å²) in [6.45, 7) is 1.98. The van der Waals surface area contributed by atoms with Crippen LogP contribution in [-0.2, 0) is 24.2 Å². The average Bonchev–Trinajstić information content (AvgIpc) is 3.04. The van der Waals surface area contributed by atoms with Crippen molar-refractivity contribution in [3.05, 3.63) is 86.5 Å². The molecule has 0 bridgehead atoms. The maximum absolute atomic E-state index is 12.4. The van der Waals surface area contributed by atoms with Crippen LogP contribution in [0.25, 0.3) is 5.78 Å². The molecule has 2 aromatic heterocycles. The Hall–Kier alpha value is -3.59. The van der Waals surface area contributed by atoms with E-state index in [2.05, 4.69) is 27.4 Å². The fourth-order valence-corrected chi connectivity index (χ4v) is 3.31. The van der Waals surface area contributed by atoms with E-state index in [0.29, 0.717) is 17.8 Å². The minimum absolute atomic E-state index is 0.0895. The van der Waals surface area contributed by atoms with Gasteiger partial charge in [-0.15, -0.1) is 5.10 Å². The monoisotopic (exact) mass is 420 g/mol. The minimum atomic E-state index is -0.334. The Kier molecular flexibility index (Phi) is 5.53. The first-order chi connectivity index (χ1) is 14.5. The first-order valence-electron chi connectivity index (χ1n) is 9.55. The van der Waals surface area contributed by atoms with E-state index in [1.165, 1.54) is 14.8 Å². The molecule has 0 aliphatic rings. The summed E-state index contributed by atoms with van der Waals surface area (Å²) in [5.74, 6) is -0.0764. The smallest absolute Gasteiger partial charge is 0.274 e. The first kappa shape index (κ1) is 19.7. The van der Waals surface area contributed by atoms with Crippen LogP contribution in [0.5, 0.6) is 0 Å². The highest BCUT2D eigenvalue weighted by Crippen LogP contribution is 2.10. The Bertz CT molecular complexity index is 1310. The Morgan fingerprint density at radius 1 is 1.07 bits per heavy atom. The molecule has 9 heteroatoms. The molecule has 8 nitrogen and oxygen atoms in total. The number of anilines is 1. The van der Waals surface area contributed by atoms with Crippen LogP contribution in [0.2, 0.25) is 0 Å². The molecular weight excluding hydrogens is 400 g/mol. The summed E-state index contributed by atoms with van der Waals surface area (Å²) in [5, 5.41) is 11.4. The second-order valence-corrected chi connectivity index (χ2v) is 7.20. The van der Waals surface area contributed by atoms with Crippen LogP contribution in [0.3, 0.4) is 0 Å². The number of aromatic amines is 1. The van der Waals surface area contributed by atoms with Gasteiger partial charge in [0.25, 0.3) is 11.3 Å². The zero-order valence-corrected chi connectivity index (χ0v) is 17.1. The second kappa shape index (κ2) is 8.42. The quantitative estimate of drug-likeness (QED) is 0.468. The van der Waals surface area contributed by atoms with E-state index in [1.807, 2.05) is 54.6 Å². The summed E-state index contributed by atoms with van der Waals surface area (Å²) >= 11 is 5.41. The summed E-state index contributed by atoms with van der Waals surface area (Å²) in [5.41, 5.74) is 2.84. The van der Waals surface area contributed by atoms with Gasteiger partial charge in [0, 0.05) is 12.1 Å². The zero-order chi connectivity index (χ0) is 21.1. The van der Waals surface area contributed by atoms with Crippen molar-refractivity contribution in [2.24, 2.45) is 0 Å². The van der Waals surface area contributed by atoms with E-state index in [4.69, 9.17) is 12.2 Å². The predicted molar refractivity (Wildman–Crippen MR) is 116 cm³/mol. The zero-order valence-electron chi connectivity index (χ0n) is 16.3. The van der Waals surface area contributed by atoms with Crippen LogP contribution in [0, 0.1) is 4.77 Å². The SMILES string of the molecule is CCc1ccc(NC(=O)Cn2nc3[nH]c(=O)c(Cc4ccccc4)nn3c2=S)cc1. The minimum Gasteiger partial charge on any atom is -0.324 e. The lowest BCUT2D eigenvalue weighted by molar-refractivity contribution is -0.116. The van der Waals surface area contributed by atoms with E-state index in [0.717, 1.165) is 12.0 Å². The van der Waals surface area contributed by atoms with Crippen LogP contribution < -0.4 is 10.9 Å². The number of hydrogen-bond donors (Lipinski definition) is 2. The van der Waals surface area contributed by atoms with Gasteiger partial charge in [0.15, 0.2) is 0 Å². The Morgan fingerprint density at radius 2 is 1.80 bits per heavy atom. The number of carbonyl (C=O) groups is 1. The topological polar surface area (TPSA) is 97.1 Å². The molecule has 0 radical (unpaired) electrons. The molecular formula is C21H20N6O2S. The number of nitrogens with one attached hydrogen (secondary N) is 2. The van der Waals surface area contributed by atoms with Gasteiger partial charge in [-0.05, 0) is 41.9 Å². The lowest BCUT2D eigenvalue weighted by atomic mass is 10.1. The van der Waals surface area contributed by atoms with Gasteiger partial charge in [-0.1, -0.05) is 49.4 Å². The van der Waals surface area contributed by atoms with Gasteiger partial charge >= 0.3 is 0 Å². The Balaban J connectivity index is 1.56. The lowest BCUT2D eigenvalue weighted by Gasteiger charge is -2.05. The van der Waals surface area contributed by atoms with E-state index in [9.17, 15) is 9.59 Å². The van der Waals surface area contributed by atoms with Crippen molar-refractivity contribution in [1.82, 2.24) is 24.4 Å². The van der Waals surface area contributed by atoms with E-state index in [-0.39, 0.29) is 28.6 Å². The van der Waals surface area contributed by atoms with Crippen molar-refractivity contribution < 1.29 is 4.79 Å². The van der Waals surface area contributed by atoms with Gasteiger partial charge in [0.1, 0.15) is 12.2 Å². The summed E-state index contributed by atoms with van der Waals surface area (Å²) in [7, 11) is 0. The third kappa shape index (κ3) is 4.20. The van der Waals surface area contributed by atoms with Gasteiger partial charge in [-0.3, -0.25) is 14.6 Å². The highest BCUT2D eigenvalue weighted by Gasteiger charge is 2.13. The Morgan fingerprint density at radius 3 is 2.50 bits per heavy atom. The van der Waals surface area contributed by atoms with Gasteiger partial charge in [0.2, 0.25) is 10.7 Å². The second-order valence-electron chi connectivity index (χ2n) is 6.84. The lowest BCUT2D eigenvalue weighted by Crippen LogP contribution is -2.19. The number of aromatic nitrogens is 5. The maximum Gasteiger partial charge on any atom is 0.274 e. The number of H-pyrrole nitrogens is 1. The molecule has 2 N–H and O–H groups in total. The largest absolute Gasteiger partial charge is 0.324 e. The number of nitrogens with zero attached hydrogens (tertiary/aromatic N) is 4. The van der Waals surface area contributed by atoms with Gasteiger partial charge in [-0.25, -0.2) is 4.68 Å². The van der Waals surface area contributed by atoms with E-state index >= 15 is 0 Å². The number of hydrogen-bond acceptors (Lipinski definition) is 5. The van der Waals surface area contributed by atoms with Crippen molar-refractivity contribution >= 4 is 29.6 Å². The highest BCUT2D eigenvalue weighted by molar-refractivity contribution is 7.71. The fraction of sp³-hybridized carbons (Fsp3) is 0.190. The van der Waals surface area contributed by atoms with Crippen LogP contribution in [0.15, 0.2) is 59.4 Å². The predicted octanol–water partition coefficient (Wildman–Crippen LogP) is 2.74. The molecule has 4 aromatic rings. The van der Waals surface area contributed by atoms with Crippen molar-refractivity contribution in [2.45, 2.75) is 26.3 Å². The fourth-order valence-electron chi connectivity index (χ4n) is 3.08. The van der Waals surface area contributed by atoms with Gasteiger partial charge in [-0.2, -0.15) is 9.61 Å². The molecule has 30 heavy (non-hydrogen) atoms. The number of aryl methyl sites for hydroxylation is 1. The molecule has 0 aliphatic heterocycles. The molecule has 0 unspecified atom stereocenters. The molecule has 2 aromatic carbocycles. The summed E-state index contributed by atoms with van der Waals surface area (Å²) < 4.78 is 2.94. The normalized spacial score (nSPS) is 11.0. The molecule has 152 valence electrons. The van der Waals surface area contributed by atoms with Gasteiger partial charge in [0.05, 0.1) is 0 Å². The number of rotatable bonds is 6. The van der Waals surface area contributed by atoms with Crippen LogP contribution in [0.4, 0.5) is 5.69 Å². The van der Waals surface area contributed by atoms with Crippen LogP contribution >= 0.6 is 12.2 Å². The van der Waals surface area contributed by atoms with Crippen molar-refractivity contribution in [1.29, 1.82) is 0 Å². The number of benzene rings is 2. The first-order valence-corrected chi connectivity index (χ1v) is 9.96. The number of carbonyl (C=O) groups excluding carboxylic acids is 1. The average molecular weight is 420 g/mol. The van der Waals surface area contributed by atoms with Crippen LogP contribution in [-0.4, -0.2) is 30.3 Å². The molecule has 0 saturated heterocycles. The molecule has 0 fully saturated rings. The van der Waals surface area contributed by atoms with Crippen molar-refractivity contribution in [3.63, 3.8) is 0 Å². The maximum atomic E-state index is 12.4. The number of fused-ring (bicyclic) bond motifs is 1. The molecule has 1 amide bonds. The highest BCUT2D eigenvalue weighted by atomic mass is 32.1. The summed E-state index contributed by atoms with van der Waals surface area (Å²) in [6, 6.07) is 17.2. The molecule has 0 atom stereocenters. The molecule has 0 saturated carbocycles. The standard InChI is InChI=1S/C21H20N6O2S/c1-2-14-8-10-16(11-9-14)22-18(28)13-26-21(30)27-20(25-26)23-19(29)17(24-27)12-15-6-4-3-5-7-15/h3-11H,2,12-13H2,1H3,(H,22,28)(H,23,25,29). The van der Waals surface area contributed by atoms with Crippen molar-refractivity contribution in [2.75, 3.05) is 5.32 Å². The third-order valence-electron chi connectivity index (χ3n) is 4.68. The van der Waals surface area contributed by atoms with Crippen molar-refractivity contribution in [3.8, 4) is 0 Å². The Labute approximate surface area is 177 Å². The van der Waals surface area contributed by atoms with E-state index < -0.39 is 0 Å². The molecule has 0 aliphatic carbocycles. The van der Waals surface area contributed by atoms with E-state index in [1.54, 1.807) is 0 Å². The third-order valence-corrected chi connectivity index (χ3v) is 5.06. The molecule has 0 spiro atoms. The molecule has 4 rings (SSSR count). The summed E-state index contributed by atoms with van der Waals surface area (Å²) in [4.78, 5) is 27.5. The van der Waals surface area contributed by atoms with Crippen LogP contribution in [0.1, 0.15) is 23.7 Å². The van der Waals surface area contributed by atoms with Gasteiger partial charge < -0.3 is 5.32 Å². The summed E-state index contributed by atoms with van der Waals surface area (Å²) in [6.07, 6.45) is 1.30. The molecule has 2 heterocycles.